The van der Waals surface area contributed by atoms with Crippen LogP contribution in [0.1, 0.15) is 39.7 Å². The molecule has 1 aliphatic heterocycles. The van der Waals surface area contributed by atoms with Crippen LogP contribution >= 0.6 is 0 Å². The second-order valence-electron chi connectivity index (χ2n) is 6.81. The van der Waals surface area contributed by atoms with Crippen molar-refractivity contribution in [1.29, 1.82) is 0 Å². The minimum absolute atomic E-state index is 0.107. The summed E-state index contributed by atoms with van der Waals surface area (Å²) in [6.07, 6.45) is 4.74. The second-order valence-corrected chi connectivity index (χ2v) is 6.81. The van der Waals surface area contributed by atoms with E-state index in [9.17, 15) is 4.79 Å². The third kappa shape index (κ3) is 3.20. The van der Waals surface area contributed by atoms with E-state index in [0.717, 1.165) is 12.8 Å². The number of nitrogens with two attached hydrogens (primary N) is 1. The van der Waals surface area contributed by atoms with Gasteiger partial charge in [0, 0.05) is 13.1 Å². The molecule has 1 atom stereocenters. The molecule has 2 aromatic heterocycles. The smallest absolute Gasteiger partial charge is 0.410 e. The topological polar surface area (TPSA) is 99.2 Å². The molecule has 3 heterocycles. The molecule has 0 aliphatic carbocycles. The van der Waals surface area contributed by atoms with Gasteiger partial charge < -0.3 is 19.9 Å². The number of nitrogen functional groups attached to an aromatic ring is 1. The van der Waals surface area contributed by atoms with Gasteiger partial charge in [0.15, 0.2) is 11.5 Å². The van der Waals surface area contributed by atoms with Crippen molar-refractivity contribution in [2.45, 2.75) is 45.3 Å². The molecule has 1 saturated heterocycles. The first-order chi connectivity index (χ1) is 10.8. The summed E-state index contributed by atoms with van der Waals surface area (Å²) < 4.78 is 7.44. The minimum Gasteiger partial charge on any atom is -0.444 e. The summed E-state index contributed by atoms with van der Waals surface area (Å²) in [4.78, 5) is 26.6. The number of carbonyl (C=O) groups is 1. The third-order valence-corrected chi connectivity index (χ3v) is 3.83. The van der Waals surface area contributed by atoms with Crippen molar-refractivity contribution in [2.75, 3.05) is 18.8 Å². The number of piperidine rings is 1. The number of aromatic nitrogens is 4. The number of hydrogen-bond acceptors (Lipinski definition) is 6. The van der Waals surface area contributed by atoms with Gasteiger partial charge in [-0.1, -0.05) is 0 Å². The Morgan fingerprint density at radius 2 is 2.13 bits per heavy atom. The van der Waals surface area contributed by atoms with Crippen LogP contribution in [0.3, 0.4) is 0 Å². The molecular weight excluding hydrogens is 296 g/mol. The highest BCUT2D eigenvalue weighted by molar-refractivity contribution is 5.81. The van der Waals surface area contributed by atoms with Gasteiger partial charge >= 0.3 is 6.09 Å². The maximum absolute atomic E-state index is 12.3. The number of carbonyl (C=O) groups excluding carboxylic acids is 1. The van der Waals surface area contributed by atoms with E-state index in [2.05, 4.69) is 15.0 Å². The van der Waals surface area contributed by atoms with Crippen LogP contribution in [0.4, 0.5) is 10.6 Å². The quantitative estimate of drug-likeness (QED) is 0.863. The van der Waals surface area contributed by atoms with Crippen molar-refractivity contribution < 1.29 is 9.53 Å². The molecule has 2 aromatic rings. The fraction of sp³-hybridized carbons (Fsp3) is 0.600. The van der Waals surface area contributed by atoms with Crippen molar-refractivity contribution in [3.05, 3.63) is 12.7 Å². The van der Waals surface area contributed by atoms with Gasteiger partial charge in [0.2, 0.25) is 0 Å². The van der Waals surface area contributed by atoms with Crippen LogP contribution in [0.15, 0.2) is 12.7 Å². The Balaban J connectivity index is 1.80. The highest BCUT2D eigenvalue weighted by Gasteiger charge is 2.29. The predicted octanol–water partition coefficient (Wildman–Crippen LogP) is 1.98. The predicted molar refractivity (Wildman–Crippen MR) is 85.8 cm³/mol. The Hall–Kier alpha value is -2.38. The number of amides is 1. The number of likely N-dealkylation sites (tertiary alicyclic amines) is 1. The normalized spacial score (nSPS) is 19.1. The SMILES string of the molecule is CC(C)(C)OC(=O)N1CCCC(n2cnc3c(N)ncnc32)C1. The molecule has 124 valence electrons. The minimum atomic E-state index is -0.493. The molecule has 3 rings (SSSR count). The summed E-state index contributed by atoms with van der Waals surface area (Å²) in [5.41, 5.74) is 6.64. The zero-order valence-electron chi connectivity index (χ0n) is 13.7. The molecule has 0 aromatic carbocycles. The fourth-order valence-electron chi connectivity index (χ4n) is 2.81. The van der Waals surface area contributed by atoms with Crippen molar-refractivity contribution in [3.8, 4) is 0 Å². The Morgan fingerprint density at radius 1 is 1.35 bits per heavy atom. The average Bonchev–Trinajstić information content (AvgIpc) is 2.91. The van der Waals surface area contributed by atoms with Gasteiger partial charge in [-0.3, -0.25) is 0 Å². The molecule has 2 N–H and O–H groups in total. The standard InChI is InChI=1S/C15H22N6O2/c1-15(2,3)23-14(22)20-6-4-5-10(7-20)21-9-19-11-12(16)17-8-18-13(11)21/h8-10H,4-7H2,1-3H3,(H2,16,17,18). The van der Waals surface area contributed by atoms with Crippen molar-refractivity contribution in [2.24, 2.45) is 0 Å². The van der Waals surface area contributed by atoms with Crippen LogP contribution in [0.25, 0.3) is 11.2 Å². The Morgan fingerprint density at radius 3 is 2.87 bits per heavy atom. The Kier molecular flexibility index (Phi) is 3.83. The number of nitrogens with zero attached hydrogens (tertiary/aromatic N) is 5. The van der Waals surface area contributed by atoms with Gasteiger partial charge in [-0.15, -0.1) is 0 Å². The van der Waals surface area contributed by atoms with Gasteiger partial charge in [-0.2, -0.15) is 0 Å². The summed E-state index contributed by atoms with van der Waals surface area (Å²) in [7, 11) is 0. The van der Waals surface area contributed by atoms with Crippen LogP contribution in [-0.4, -0.2) is 49.2 Å². The first kappa shape index (κ1) is 15.5. The molecule has 0 bridgehead atoms. The summed E-state index contributed by atoms with van der Waals surface area (Å²) in [6, 6.07) is 0.107. The van der Waals surface area contributed by atoms with E-state index in [0.29, 0.717) is 30.1 Å². The van der Waals surface area contributed by atoms with E-state index in [-0.39, 0.29) is 12.1 Å². The molecule has 1 amide bonds. The van der Waals surface area contributed by atoms with Crippen LogP contribution in [-0.2, 0) is 4.74 Å². The fourth-order valence-corrected chi connectivity index (χ4v) is 2.81. The molecule has 1 aliphatic rings. The average molecular weight is 318 g/mol. The molecular formula is C15H22N6O2. The zero-order chi connectivity index (χ0) is 16.6. The maximum atomic E-state index is 12.3. The Bertz CT molecular complexity index is 720. The van der Waals surface area contributed by atoms with E-state index >= 15 is 0 Å². The summed E-state index contributed by atoms with van der Waals surface area (Å²) >= 11 is 0. The molecule has 0 spiro atoms. The van der Waals surface area contributed by atoms with E-state index in [4.69, 9.17) is 10.5 Å². The van der Waals surface area contributed by atoms with Crippen LogP contribution in [0.2, 0.25) is 0 Å². The highest BCUT2D eigenvalue weighted by Crippen LogP contribution is 2.26. The van der Waals surface area contributed by atoms with Crippen molar-refractivity contribution in [1.82, 2.24) is 24.4 Å². The monoisotopic (exact) mass is 318 g/mol. The molecule has 0 saturated carbocycles. The lowest BCUT2D eigenvalue weighted by Gasteiger charge is -2.34. The summed E-state index contributed by atoms with van der Waals surface area (Å²) in [5.74, 6) is 0.369. The molecule has 8 nitrogen and oxygen atoms in total. The summed E-state index contributed by atoms with van der Waals surface area (Å²) in [6.45, 7) is 6.89. The summed E-state index contributed by atoms with van der Waals surface area (Å²) in [5, 5.41) is 0. The molecule has 8 heteroatoms. The first-order valence-electron chi connectivity index (χ1n) is 7.76. The van der Waals surface area contributed by atoms with E-state index in [1.807, 2.05) is 25.3 Å². The van der Waals surface area contributed by atoms with Gasteiger partial charge in [-0.05, 0) is 33.6 Å². The van der Waals surface area contributed by atoms with E-state index in [1.165, 1.54) is 6.33 Å². The van der Waals surface area contributed by atoms with Gasteiger partial charge in [0.25, 0.3) is 0 Å². The number of ether oxygens (including phenoxy) is 1. The maximum Gasteiger partial charge on any atom is 0.410 e. The number of rotatable bonds is 1. The Labute approximate surface area is 134 Å². The molecule has 1 unspecified atom stereocenters. The number of anilines is 1. The van der Waals surface area contributed by atoms with E-state index < -0.39 is 5.60 Å². The van der Waals surface area contributed by atoms with E-state index in [1.54, 1.807) is 11.2 Å². The number of imidazole rings is 1. The van der Waals surface area contributed by atoms with Gasteiger partial charge in [0.1, 0.15) is 17.4 Å². The lowest BCUT2D eigenvalue weighted by Crippen LogP contribution is -2.43. The number of hydrogen-bond donors (Lipinski definition) is 1. The molecule has 0 radical (unpaired) electrons. The van der Waals surface area contributed by atoms with Crippen molar-refractivity contribution in [3.63, 3.8) is 0 Å². The second kappa shape index (κ2) is 5.68. The van der Waals surface area contributed by atoms with Gasteiger partial charge in [0.05, 0.1) is 12.4 Å². The zero-order valence-corrected chi connectivity index (χ0v) is 13.7. The largest absolute Gasteiger partial charge is 0.444 e. The lowest BCUT2D eigenvalue weighted by molar-refractivity contribution is 0.0174. The van der Waals surface area contributed by atoms with Crippen LogP contribution in [0.5, 0.6) is 0 Å². The van der Waals surface area contributed by atoms with Crippen LogP contribution in [0, 0.1) is 0 Å². The highest BCUT2D eigenvalue weighted by atomic mass is 16.6. The number of fused-ring (bicyclic) bond motifs is 1. The first-order valence-corrected chi connectivity index (χ1v) is 7.76. The van der Waals surface area contributed by atoms with Gasteiger partial charge in [-0.25, -0.2) is 19.7 Å². The molecule has 23 heavy (non-hydrogen) atoms. The third-order valence-electron chi connectivity index (χ3n) is 3.83. The van der Waals surface area contributed by atoms with Crippen LogP contribution < -0.4 is 5.73 Å². The molecule has 1 fully saturated rings. The van der Waals surface area contributed by atoms with Crippen molar-refractivity contribution >= 4 is 23.1 Å². The lowest BCUT2D eigenvalue weighted by atomic mass is 10.1.